The molecule has 79 heavy (non-hydrogen) atoms. The molecule has 0 bridgehead atoms. The van der Waals surface area contributed by atoms with Crippen molar-refractivity contribution in [3.05, 3.63) is 18.2 Å². The van der Waals surface area contributed by atoms with Crippen LogP contribution >= 0.6 is 11.8 Å². The van der Waals surface area contributed by atoms with Crippen LogP contribution in [0.1, 0.15) is 97.6 Å². The largest absolute Gasteiger partial charge is 0.481 e. The molecule has 0 aliphatic carbocycles. The number of aliphatic hydroxyl groups is 1. The Morgan fingerprint density at radius 1 is 0.620 bits per heavy atom. The number of imidazole rings is 1. The predicted octanol–water partition coefficient (Wildman–Crippen LogP) is -6.06. The standard InChI is InChI=1S/C47H79N15O16S/c1-6-24(4)38(62-39(70)26(49)17-35(51)65)47(78)61-33(21-63)46(77)59-31(16-25-19-52-22-54-25)44(75)55-27(9-7-8-13-48)41(72)60-32(18-36(66)67)45(76)57-29(12-14-79-5)43(74)56-28(10-11-34(50)64)42(73)58-30(15-23(2)3)40(71)53-20-37(68)69/h19,22-24,26-33,38,63H,6-18,20-21,48-49H2,1-5H3,(H2,50,64)(H2,51,65)(H,52,54)(H,53,71)(H,55,75)(H,56,74)(H,57,76)(H,58,73)(H,59,77)(H,60,72)(H,61,78)(H,62,70)(H,66,67)(H,68,69)/t24-,26-,27-,28-,29-,30-,31-,32-,33-,38-/m0/s1. The van der Waals surface area contributed by atoms with Crippen molar-refractivity contribution in [1.82, 2.24) is 57.8 Å². The number of aliphatic hydroxyl groups excluding tert-OH is 1. The Labute approximate surface area is 460 Å². The molecule has 0 saturated carbocycles. The predicted molar refractivity (Wildman–Crippen MR) is 283 cm³/mol. The van der Waals surface area contributed by atoms with Gasteiger partial charge in [0.2, 0.25) is 65.0 Å². The zero-order chi connectivity index (χ0) is 59.9. The van der Waals surface area contributed by atoms with Gasteiger partial charge >= 0.3 is 11.9 Å². The van der Waals surface area contributed by atoms with Gasteiger partial charge in [-0.1, -0.05) is 34.1 Å². The number of amides is 11. The number of aliphatic carboxylic acids is 2. The molecule has 0 unspecified atom stereocenters. The summed E-state index contributed by atoms with van der Waals surface area (Å²) in [6.07, 6.45) is 2.11. The number of aromatic amines is 1. The first kappa shape index (κ1) is 69.6. The summed E-state index contributed by atoms with van der Waals surface area (Å²) < 4.78 is 0. The quantitative estimate of drug-likeness (QED) is 0.0272. The zero-order valence-corrected chi connectivity index (χ0v) is 45.7. The second-order valence-electron chi connectivity index (χ2n) is 19.0. The van der Waals surface area contributed by atoms with Gasteiger partial charge in [-0.2, -0.15) is 11.8 Å². The highest BCUT2D eigenvalue weighted by atomic mass is 32.2. The minimum Gasteiger partial charge on any atom is -0.481 e. The number of carbonyl (C=O) groups is 13. The minimum absolute atomic E-state index is 0.0341. The molecule has 31 nitrogen and oxygen atoms in total. The topological polar surface area (TPSA) is 524 Å². The summed E-state index contributed by atoms with van der Waals surface area (Å²) in [5.74, 6) is -14.3. The lowest BCUT2D eigenvalue weighted by Crippen LogP contribution is -2.61. The molecular formula is C47H79N15O16S. The number of rotatable bonds is 40. The number of hydrogen-bond acceptors (Lipinski definition) is 18. The fourth-order valence-corrected chi connectivity index (χ4v) is 7.85. The molecule has 0 aromatic carbocycles. The second-order valence-corrected chi connectivity index (χ2v) is 19.9. The van der Waals surface area contributed by atoms with Crippen molar-refractivity contribution in [2.75, 3.05) is 31.7 Å². The van der Waals surface area contributed by atoms with E-state index in [1.165, 1.54) is 24.3 Å². The van der Waals surface area contributed by atoms with Crippen molar-refractivity contribution < 1.29 is 77.6 Å². The van der Waals surface area contributed by atoms with E-state index in [-0.39, 0.29) is 56.0 Å². The maximum Gasteiger partial charge on any atom is 0.322 e. The highest BCUT2D eigenvalue weighted by Crippen LogP contribution is 2.12. The van der Waals surface area contributed by atoms with Gasteiger partial charge in [0, 0.05) is 24.7 Å². The molecule has 0 saturated heterocycles. The van der Waals surface area contributed by atoms with Gasteiger partial charge in [0.1, 0.15) is 54.9 Å². The third-order valence-corrected chi connectivity index (χ3v) is 12.5. The highest BCUT2D eigenvalue weighted by molar-refractivity contribution is 7.98. The maximum absolute atomic E-state index is 14.2. The Balaban J connectivity index is 3.54. The number of primary amides is 2. The second kappa shape index (κ2) is 36.6. The fraction of sp³-hybridized carbons (Fsp3) is 0.660. The Morgan fingerprint density at radius 3 is 1.63 bits per heavy atom. The number of nitrogens with one attached hydrogen (secondary N) is 10. The zero-order valence-electron chi connectivity index (χ0n) is 44.9. The molecule has 21 N–H and O–H groups in total. The number of hydrogen-bond donors (Lipinski definition) is 17. The molecule has 1 aromatic rings. The average Bonchev–Trinajstić information content (AvgIpc) is 3.90. The summed E-state index contributed by atoms with van der Waals surface area (Å²) in [7, 11) is 0. The van der Waals surface area contributed by atoms with Gasteiger partial charge < -0.3 is 91.1 Å². The van der Waals surface area contributed by atoms with E-state index < -0.39 is 176 Å². The van der Waals surface area contributed by atoms with Gasteiger partial charge in [0.15, 0.2) is 0 Å². The first-order valence-electron chi connectivity index (χ1n) is 25.4. The van der Waals surface area contributed by atoms with Crippen LogP contribution in [0.15, 0.2) is 12.5 Å². The third-order valence-electron chi connectivity index (χ3n) is 11.9. The van der Waals surface area contributed by atoms with E-state index in [4.69, 9.17) is 28.0 Å². The van der Waals surface area contributed by atoms with Gasteiger partial charge in [0.05, 0.1) is 31.8 Å². The van der Waals surface area contributed by atoms with E-state index in [0.29, 0.717) is 12.8 Å². The molecule has 1 heterocycles. The van der Waals surface area contributed by atoms with Crippen LogP contribution in [-0.4, -0.2) is 188 Å². The Hall–Kier alpha value is -7.45. The molecule has 0 aliphatic rings. The minimum atomic E-state index is -1.92. The molecule has 10 atom stereocenters. The lowest BCUT2D eigenvalue weighted by atomic mass is 9.97. The summed E-state index contributed by atoms with van der Waals surface area (Å²) >= 11 is 1.24. The fourth-order valence-electron chi connectivity index (χ4n) is 7.38. The van der Waals surface area contributed by atoms with Gasteiger partial charge in [-0.25, -0.2) is 4.98 Å². The van der Waals surface area contributed by atoms with E-state index >= 15 is 0 Å². The van der Waals surface area contributed by atoms with Crippen LogP contribution in [0.5, 0.6) is 0 Å². The van der Waals surface area contributed by atoms with Crippen molar-refractivity contribution in [2.45, 2.75) is 153 Å². The van der Waals surface area contributed by atoms with Crippen molar-refractivity contribution in [1.29, 1.82) is 0 Å². The SMILES string of the molecule is CC[C@H](C)[C@H](NC(=O)[C@@H](N)CC(N)=O)C(=O)N[C@@H](CO)C(=O)N[C@@H](Cc1cnc[nH]1)C(=O)N[C@@H](CCCCN)C(=O)N[C@@H](CC(=O)O)C(=O)N[C@@H](CCSC)C(=O)N[C@@H](CCC(N)=O)C(=O)N[C@@H](CC(C)C)C(=O)NCC(=O)O. The van der Waals surface area contributed by atoms with Crippen LogP contribution in [0.2, 0.25) is 0 Å². The van der Waals surface area contributed by atoms with E-state index in [1.54, 1.807) is 34.0 Å². The van der Waals surface area contributed by atoms with E-state index in [9.17, 15) is 72.5 Å². The van der Waals surface area contributed by atoms with Crippen LogP contribution in [-0.2, 0) is 68.7 Å². The van der Waals surface area contributed by atoms with Crippen molar-refractivity contribution >= 4 is 88.7 Å². The number of nitrogens with zero attached hydrogens (tertiary/aromatic N) is 1. The van der Waals surface area contributed by atoms with Crippen LogP contribution < -0.4 is 70.8 Å². The van der Waals surface area contributed by atoms with Crippen molar-refractivity contribution in [3.8, 4) is 0 Å². The summed E-state index contributed by atoms with van der Waals surface area (Å²) in [4.78, 5) is 176. The molecule has 444 valence electrons. The first-order valence-corrected chi connectivity index (χ1v) is 26.8. The maximum atomic E-state index is 14.2. The lowest BCUT2D eigenvalue weighted by molar-refractivity contribution is -0.142. The summed E-state index contributed by atoms with van der Waals surface area (Å²) in [6.45, 7) is 5.13. The average molecular weight is 1140 g/mol. The number of nitrogens with two attached hydrogens (primary N) is 4. The molecule has 0 fully saturated rings. The van der Waals surface area contributed by atoms with E-state index in [1.807, 2.05) is 0 Å². The molecule has 0 spiro atoms. The normalized spacial score (nSPS) is 14.8. The third kappa shape index (κ3) is 27.1. The molecule has 1 rings (SSSR count). The van der Waals surface area contributed by atoms with Crippen molar-refractivity contribution in [3.63, 3.8) is 0 Å². The number of unbranched alkanes of at least 4 members (excludes halogenated alkanes) is 1. The molecule has 11 amide bonds. The van der Waals surface area contributed by atoms with E-state index in [0.717, 1.165) is 0 Å². The van der Waals surface area contributed by atoms with Crippen molar-refractivity contribution in [2.24, 2.45) is 34.8 Å². The lowest BCUT2D eigenvalue weighted by Gasteiger charge is -2.28. The molecular weight excluding hydrogens is 1060 g/mol. The van der Waals surface area contributed by atoms with E-state index in [2.05, 4.69) is 57.8 Å². The summed E-state index contributed by atoms with van der Waals surface area (Å²) in [5, 5.41) is 50.7. The number of thioether (sulfide) groups is 1. The monoisotopic (exact) mass is 1140 g/mol. The Kier molecular flexibility index (Phi) is 32.2. The number of carboxylic acid groups (broad SMARTS) is 2. The van der Waals surface area contributed by atoms with Crippen LogP contribution in [0.4, 0.5) is 0 Å². The van der Waals surface area contributed by atoms with Gasteiger partial charge in [-0.05, 0) is 68.9 Å². The summed E-state index contributed by atoms with van der Waals surface area (Å²) in [6, 6.07) is -13.9. The Morgan fingerprint density at radius 2 is 1.14 bits per heavy atom. The first-order chi connectivity index (χ1) is 37.2. The summed E-state index contributed by atoms with van der Waals surface area (Å²) in [5.41, 5.74) is 22.2. The van der Waals surface area contributed by atoms with Gasteiger partial charge in [0.25, 0.3) is 0 Å². The van der Waals surface area contributed by atoms with Crippen LogP contribution in [0.25, 0.3) is 0 Å². The number of aromatic nitrogens is 2. The smallest absolute Gasteiger partial charge is 0.322 e. The molecule has 1 aromatic heterocycles. The number of carboxylic acids is 2. The van der Waals surface area contributed by atoms with Crippen LogP contribution in [0.3, 0.4) is 0 Å². The molecule has 32 heteroatoms. The van der Waals surface area contributed by atoms with Gasteiger partial charge in [-0.15, -0.1) is 0 Å². The van der Waals surface area contributed by atoms with Crippen LogP contribution in [0, 0.1) is 11.8 Å². The van der Waals surface area contributed by atoms with Gasteiger partial charge in [-0.3, -0.25) is 62.3 Å². The molecule has 0 aliphatic heterocycles. The number of H-pyrrole nitrogens is 1. The number of carbonyl (C=O) groups excluding carboxylic acids is 11. The Bertz CT molecular complexity index is 2240. The molecule has 0 radical (unpaired) electrons. The highest BCUT2D eigenvalue weighted by Gasteiger charge is 2.37.